The maximum absolute atomic E-state index is 13.5. The Kier molecular flexibility index (Phi) is 3.90. The topological polar surface area (TPSA) is 44.5 Å². The Morgan fingerprint density at radius 1 is 1.11 bits per heavy atom. The van der Waals surface area contributed by atoms with Gasteiger partial charge in [0.1, 0.15) is 12.4 Å². The first kappa shape index (κ1) is 13.2. The standard InChI is InChI=1S/C15H16FNO2/c1-10-3-5-12(16)15(7-10)19-9-11-4-6-14(18-2)13(17)8-11/h3-8H,9,17H2,1-2H3. The molecule has 0 aliphatic carbocycles. The monoisotopic (exact) mass is 261 g/mol. The third kappa shape index (κ3) is 3.16. The SMILES string of the molecule is COc1ccc(COc2cc(C)ccc2F)cc1N. The summed E-state index contributed by atoms with van der Waals surface area (Å²) in [6.07, 6.45) is 0. The van der Waals surface area contributed by atoms with Gasteiger partial charge in [-0.2, -0.15) is 0 Å². The molecule has 0 fully saturated rings. The fourth-order valence-electron chi connectivity index (χ4n) is 1.76. The molecule has 2 aromatic rings. The molecular weight excluding hydrogens is 245 g/mol. The van der Waals surface area contributed by atoms with Gasteiger partial charge in [0.2, 0.25) is 0 Å². The van der Waals surface area contributed by atoms with Crippen LogP contribution in [0.5, 0.6) is 11.5 Å². The van der Waals surface area contributed by atoms with Crippen LogP contribution >= 0.6 is 0 Å². The highest BCUT2D eigenvalue weighted by Crippen LogP contribution is 2.24. The van der Waals surface area contributed by atoms with Crippen molar-refractivity contribution >= 4 is 5.69 Å². The van der Waals surface area contributed by atoms with Crippen LogP contribution in [0.1, 0.15) is 11.1 Å². The third-order valence-electron chi connectivity index (χ3n) is 2.78. The van der Waals surface area contributed by atoms with Crippen molar-refractivity contribution < 1.29 is 13.9 Å². The zero-order valence-corrected chi connectivity index (χ0v) is 10.9. The van der Waals surface area contributed by atoms with Crippen LogP contribution in [0.25, 0.3) is 0 Å². The van der Waals surface area contributed by atoms with E-state index < -0.39 is 0 Å². The smallest absolute Gasteiger partial charge is 0.165 e. The van der Waals surface area contributed by atoms with Crippen molar-refractivity contribution in [2.24, 2.45) is 0 Å². The molecule has 19 heavy (non-hydrogen) atoms. The molecule has 0 bridgehead atoms. The maximum Gasteiger partial charge on any atom is 0.165 e. The van der Waals surface area contributed by atoms with E-state index >= 15 is 0 Å². The second kappa shape index (κ2) is 5.61. The molecular formula is C15H16FNO2. The van der Waals surface area contributed by atoms with Gasteiger partial charge in [0.05, 0.1) is 12.8 Å². The first-order chi connectivity index (χ1) is 9.10. The lowest BCUT2D eigenvalue weighted by molar-refractivity contribution is 0.290. The molecule has 0 saturated carbocycles. The number of benzene rings is 2. The molecule has 0 heterocycles. The van der Waals surface area contributed by atoms with Crippen LogP contribution < -0.4 is 15.2 Å². The second-order valence-corrected chi connectivity index (χ2v) is 4.30. The zero-order chi connectivity index (χ0) is 13.8. The fraction of sp³-hybridized carbons (Fsp3) is 0.200. The minimum atomic E-state index is -0.368. The van der Waals surface area contributed by atoms with Crippen LogP contribution in [0.3, 0.4) is 0 Å². The average Bonchev–Trinajstić information content (AvgIpc) is 2.40. The summed E-state index contributed by atoms with van der Waals surface area (Å²) < 4.78 is 24.0. The van der Waals surface area contributed by atoms with E-state index in [0.29, 0.717) is 11.4 Å². The van der Waals surface area contributed by atoms with E-state index in [1.54, 1.807) is 31.4 Å². The van der Waals surface area contributed by atoms with Crippen LogP contribution in [0.4, 0.5) is 10.1 Å². The summed E-state index contributed by atoms with van der Waals surface area (Å²) in [5, 5.41) is 0. The van der Waals surface area contributed by atoms with Crippen molar-refractivity contribution in [1.29, 1.82) is 0 Å². The molecule has 4 heteroatoms. The number of halogens is 1. The van der Waals surface area contributed by atoms with Gasteiger partial charge in [-0.15, -0.1) is 0 Å². The molecule has 0 radical (unpaired) electrons. The number of hydrogen-bond donors (Lipinski definition) is 1. The van der Waals surface area contributed by atoms with Crippen LogP contribution in [0.2, 0.25) is 0 Å². The molecule has 0 amide bonds. The van der Waals surface area contributed by atoms with Gasteiger partial charge in [0, 0.05) is 0 Å². The molecule has 0 spiro atoms. The normalized spacial score (nSPS) is 10.3. The summed E-state index contributed by atoms with van der Waals surface area (Å²) in [7, 11) is 1.56. The van der Waals surface area contributed by atoms with E-state index in [9.17, 15) is 4.39 Å². The van der Waals surface area contributed by atoms with Crippen molar-refractivity contribution in [3.63, 3.8) is 0 Å². The summed E-state index contributed by atoms with van der Waals surface area (Å²) in [6.45, 7) is 2.15. The number of rotatable bonds is 4. The van der Waals surface area contributed by atoms with Gasteiger partial charge in [-0.25, -0.2) is 4.39 Å². The molecule has 0 atom stereocenters. The van der Waals surface area contributed by atoms with Crippen molar-refractivity contribution in [1.82, 2.24) is 0 Å². The number of aryl methyl sites for hydroxylation is 1. The first-order valence-electron chi connectivity index (χ1n) is 5.91. The molecule has 0 unspecified atom stereocenters. The highest BCUT2D eigenvalue weighted by Gasteiger charge is 2.05. The molecule has 2 aromatic carbocycles. The maximum atomic E-state index is 13.5. The Labute approximate surface area is 111 Å². The zero-order valence-electron chi connectivity index (χ0n) is 10.9. The van der Waals surface area contributed by atoms with Gasteiger partial charge in [0.25, 0.3) is 0 Å². The molecule has 2 rings (SSSR count). The fourth-order valence-corrected chi connectivity index (χ4v) is 1.76. The van der Waals surface area contributed by atoms with E-state index in [-0.39, 0.29) is 18.2 Å². The molecule has 0 aliphatic heterocycles. The molecule has 0 saturated heterocycles. The lowest BCUT2D eigenvalue weighted by atomic mass is 10.2. The predicted octanol–water partition coefficient (Wildman–Crippen LogP) is 3.30. The Morgan fingerprint density at radius 3 is 2.58 bits per heavy atom. The number of nitrogens with two attached hydrogens (primary N) is 1. The highest BCUT2D eigenvalue weighted by molar-refractivity contribution is 5.54. The van der Waals surface area contributed by atoms with Crippen molar-refractivity contribution in [3.05, 3.63) is 53.3 Å². The van der Waals surface area contributed by atoms with Gasteiger partial charge in [-0.05, 0) is 42.3 Å². The Bertz CT molecular complexity index is 584. The lowest BCUT2D eigenvalue weighted by Crippen LogP contribution is -2.00. The second-order valence-electron chi connectivity index (χ2n) is 4.30. The summed E-state index contributed by atoms with van der Waals surface area (Å²) in [4.78, 5) is 0. The number of methoxy groups -OCH3 is 1. The summed E-state index contributed by atoms with van der Waals surface area (Å²) in [5.41, 5.74) is 8.15. The number of nitrogen functional groups attached to an aromatic ring is 1. The van der Waals surface area contributed by atoms with Crippen LogP contribution in [0, 0.1) is 12.7 Å². The van der Waals surface area contributed by atoms with E-state index in [4.69, 9.17) is 15.2 Å². The third-order valence-corrected chi connectivity index (χ3v) is 2.78. The minimum absolute atomic E-state index is 0.245. The van der Waals surface area contributed by atoms with E-state index in [1.807, 2.05) is 13.0 Å². The molecule has 0 aliphatic rings. The number of anilines is 1. The largest absolute Gasteiger partial charge is 0.495 e. The van der Waals surface area contributed by atoms with E-state index in [1.165, 1.54) is 6.07 Å². The predicted molar refractivity (Wildman–Crippen MR) is 72.9 cm³/mol. The van der Waals surface area contributed by atoms with Gasteiger partial charge in [0.15, 0.2) is 11.6 Å². The van der Waals surface area contributed by atoms with Crippen LogP contribution in [0.15, 0.2) is 36.4 Å². The molecule has 2 N–H and O–H groups in total. The number of ether oxygens (including phenoxy) is 2. The quantitative estimate of drug-likeness (QED) is 0.859. The van der Waals surface area contributed by atoms with Crippen molar-refractivity contribution in [2.45, 2.75) is 13.5 Å². The van der Waals surface area contributed by atoms with Crippen molar-refractivity contribution in [2.75, 3.05) is 12.8 Å². The Hall–Kier alpha value is -2.23. The van der Waals surface area contributed by atoms with Crippen LogP contribution in [-0.2, 0) is 6.61 Å². The first-order valence-corrected chi connectivity index (χ1v) is 5.91. The van der Waals surface area contributed by atoms with Gasteiger partial charge >= 0.3 is 0 Å². The van der Waals surface area contributed by atoms with E-state index in [0.717, 1.165) is 11.1 Å². The Morgan fingerprint density at radius 2 is 1.89 bits per heavy atom. The lowest BCUT2D eigenvalue weighted by Gasteiger charge is -2.10. The van der Waals surface area contributed by atoms with Gasteiger partial charge in [-0.3, -0.25) is 0 Å². The van der Waals surface area contributed by atoms with E-state index in [2.05, 4.69) is 0 Å². The summed E-state index contributed by atoms with van der Waals surface area (Å²) >= 11 is 0. The van der Waals surface area contributed by atoms with Gasteiger partial charge < -0.3 is 15.2 Å². The highest BCUT2D eigenvalue weighted by atomic mass is 19.1. The van der Waals surface area contributed by atoms with Gasteiger partial charge in [-0.1, -0.05) is 12.1 Å². The average molecular weight is 261 g/mol. The summed E-state index contributed by atoms with van der Waals surface area (Å²) in [6, 6.07) is 10.1. The Balaban J connectivity index is 2.10. The summed E-state index contributed by atoms with van der Waals surface area (Å²) in [5.74, 6) is 0.493. The molecule has 0 aromatic heterocycles. The van der Waals surface area contributed by atoms with Crippen molar-refractivity contribution in [3.8, 4) is 11.5 Å². The molecule has 100 valence electrons. The van der Waals surface area contributed by atoms with Crippen LogP contribution in [-0.4, -0.2) is 7.11 Å². The number of hydrogen-bond acceptors (Lipinski definition) is 3. The minimum Gasteiger partial charge on any atom is -0.495 e. The molecule has 3 nitrogen and oxygen atoms in total.